The van der Waals surface area contributed by atoms with Crippen molar-refractivity contribution in [3.05, 3.63) is 77.3 Å². The lowest BCUT2D eigenvalue weighted by Gasteiger charge is -2.15. The smallest absolute Gasteiger partial charge is 0.0705 e. The van der Waals surface area contributed by atoms with Crippen molar-refractivity contribution in [1.29, 1.82) is 0 Å². The minimum absolute atomic E-state index is 0.139. The average molecular weight is 290 g/mol. The van der Waals surface area contributed by atoms with Gasteiger partial charge in [0, 0.05) is 16.3 Å². The molecule has 2 N–H and O–H groups in total. The maximum absolute atomic E-state index is 6.59. The van der Waals surface area contributed by atoms with Crippen molar-refractivity contribution in [2.75, 3.05) is 0 Å². The molecule has 4 aromatic rings. The molecule has 0 radical (unpaired) electrons. The minimum Gasteiger partial charge on any atom is -0.320 e. The zero-order valence-electron chi connectivity index (χ0n) is 11.4. The predicted octanol–water partition coefficient (Wildman–Crippen LogP) is 4.50. The van der Waals surface area contributed by atoms with Crippen molar-refractivity contribution in [2.24, 2.45) is 5.73 Å². The molecule has 0 saturated carbocycles. The fraction of sp³-hybridized carbons (Fsp3) is 0.0556. The lowest BCUT2D eigenvalue weighted by atomic mass is 9.96. The van der Waals surface area contributed by atoms with E-state index in [9.17, 15) is 0 Å². The number of rotatable bonds is 2. The highest BCUT2D eigenvalue weighted by Crippen LogP contribution is 2.33. The third kappa shape index (κ3) is 2.02. The Kier molecular flexibility index (Phi) is 2.95. The van der Waals surface area contributed by atoms with E-state index in [0.717, 1.165) is 16.5 Å². The van der Waals surface area contributed by atoms with Crippen molar-refractivity contribution in [3.63, 3.8) is 0 Å². The Morgan fingerprint density at radius 3 is 2.76 bits per heavy atom. The van der Waals surface area contributed by atoms with Crippen LogP contribution in [0.1, 0.15) is 17.2 Å². The van der Waals surface area contributed by atoms with Gasteiger partial charge in [-0.15, -0.1) is 11.3 Å². The van der Waals surface area contributed by atoms with Crippen LogP contribution in [0.25, 0.3) is 21.0 Å². The highest BCUT2D eigenvalue weighted by atomic mass is 32.1. The molecule has 102 valence electrons. The summed E-state index contributed by atoms with van der Waals surface area (Å²) in [4.78, 5) is 4.42. The lowest BCUT2D eigenvalue weighted by Crippen LogP contribution is -2.12. The van der Waals surface area contributed by atoms with Crippen LogP contribution in [0.5, 0.6) is 0 Å². The predicted molar refractivity (Wildman–Crippen MR) is 89.6 cm³/mol. The molecular formula is C18H14N2S. The average Bonchev–Trinajstić information content (AvgIpc) is 3.02. The molecule has 1 unspecified atom stereocenters. The van der Waals surface area contributed by atoms with Gasteiger partial charge in [0.05, 0.1) is 11.6 Å². The van der Waals surface area contributed by atoms with E-state index in [0.29, 0.717) is 0 Å². The molecule has 4 rings (SSSR count). The Bertz CT molecular complexity index is 921. The van der Waals surface area contributed by atoms with E-state index < -0.39 is 0 Å². The summed E-state index contributed by atoms with van der Waals surface area (Å²) >= 11 is 1.75. The van der Waals surface area contributed by atoms with Gasteiger partial charge in [0.15, 0.2) is 0 Å². The zero-order chi connectivity index (χ0) is 14.2. The van der Waals surface area contributed by atoms with Crippen LogP contribution in [0, 0.1) is 0 Å². The number of hydrogen-bond acceptors (Lipinski definition) is 3. The second-order valence-electron chi connectivity index (χ2n) is 5.08. The number of pyridine rings is 1. The summed E-state index contributed by atoms with van der Waals surface area (Å²) in [6, 6.07) is 18.5. The minimum atomic E-state index is -0.139. The molecule has 2 aromatic carbocycles. The number of para-hydroxylation sites is 1. The molecule has 21 heavy (non-hydrogen) atoms. The molecule has 0 bridgehead atoms. The standard InChI is InChI=1S/C18H14N2S/c19-17(15-6-3-4-12-9-11-21-18(12)15)14-8-10-20-16-7-2-1-5-13(14)16/h1-11,17H,19H2. The van der Waals surface area contributed by atoms with E-state index in [4.69, 9.17) is 5.73 Å². The third-order valence-corrected chi connectivity index (χ3v) is 4.84. The fourth-order valence-electron chi connectivity index (χ4n) is 2.82. The second-order valence-corrected chi connectivity index (χ2v) is 6.00. The van der Waals surface area contributed by atoms with E-state index in [1.54, 1.807) is 11.3 Å². The Labute approximate surface area is 126 Å². The van der Waals surface area contributed by atoms with Crippen LogP contribution in [-0.2, 0) is 0 Å². The summed E-state index contributed by atoms with van der Waals surface area (Å²) in [7, 11) is 0. The molecule has 0 aliphatic heterocycles. The highest BCUT2D eigenvalue weighted by Gasteiger charge is 2.15. The SMILES string of the molecule is NC(c1ccnc2ccccc12)c1cccc2ccsc12. The number of nitrogens with two attached hydrogens (primary N) is 1. The summed E-state index contributed by atoms with van der Waals surface area (Å²) in [6.07, 6.45) is 1.84. The van der Waals surface area contributed by atoms with Crippen LogP contribution in [0.3, 0.4) is 0 Å². The number of benzene rings is 2. The monoisotopic (exact) mass is 290 g/mol. The quantitative estimate of drug-likeness (QED) is 0.590. The van der Waals surface area contributed by atoms with Gasteiger partial charge in [-0.05, 0) is 40.1 Å². The Balaban J connectivity index is 1.94. The Morgan fingerprint density at radius 2 is 1.81 bits per heavy atom. The van der Waals surface area contributed by atoms with Crippen LogP contribution in [0.2, 0.25) is 0 Å². The first-order chi connectivity index (χ1) is 10.3. The van der Waals surface area contributed by atoms with Gasteiger partial charge in [0.25, 0.3) is 0 Å². The van der Waals surface area contributed by atoms with Gasteiger partial charge < -0.3 is 5.73 Å². The molecule has 2 aromatic heterocycles. The molecule has 3 heteroatoms. The van der Waals surface area contributed by atoms with E-state index >= 15 is 0 Å². The van der Waals surface area contributed by atoms with E-state index in [1.807, 2.05) is 30.5 Å². The Morgan fingerprint density at radius 1 is 0.905 bits per heavy atom. The number of nitrogens with zero attached hydrogens (tertiary/aromatic N) is 1. The van der Waals surface area contributed by atoms with Crippen molar-refractivity contribution < 1.29 is 0 Å². The molecule has 0 saturated heterocycles. The largest absolute Gasteiger partial charge is 0.320 e. The first-order valence-electron chi connectivity index (χ1n) is 6.90. The van der Waals surface area contributed by atoms with Crippen molar-refractivity contribution in [3.8, 4) is 0 Å². The van der Waals surface area contributed by atoms with Gasteiger partial charge in [-0.25, -0.2) is 0 Å². The second kappa shape index (κ2) is 4.95. The maximum atomic E-state index is 6.59. The third-order valence-electron chi connectivity index (χ3n) is 3.86. The van der Waals surface area contributed by atoms with Crippen LogP contribution in [0.15, 0.2) is 66.2 Å². The van der Waals surface area contributed by atoms with Gasteiger partial charge >= 0.3 is 0 Å². The molecular weight excluding hydrogens is 276 g/mol. The number of fused-ring (bicyclic) bond motifs is 2. The molecule has 0 amide bonds. The molecule has 0 fully saturated rings. The molecule has 1 atom stereocenters. The maximum Gasteiger partial charge on any atom is 0.0705 e. The summed E-state index contributed by atoms with van der Waals surface area (Å²) in [5.41, 5.74) is 9.88. The van der Waals surface area contributed by atoms with E-state index in [1.165, 1.54) is 15.6 Å². The topological polar surface area (TPSA) is 38.9 Å². The first-order valence-corrected chi connectivity index (χ1v) is 7.78. The molecule has 2 heterocycles. The number of thiophene rings is 1. The van der Waals surface area contributed by atoms with Crippen molar-refractivity contribution in [1.82, 2.24) is 4.98 Å². The van der Waals surface area contributed by atoms with Crippen LogP contribution in [0.4, 0.5) is 0 Å². The van der Waals surface area contributed by atoms with Gasteiger partial charge in [-0.3, -0.25) is 4.98 Å². The molecule has 2 nitrogen and oxygen atoms in total. The van der Waals surface area contributed by atoms with E-state index in [2.05, 4.69) is 40.7 Å². The lowest BCUT2D eigenvalue weighted by molar-refractivity contribution is 0.890. The Hall–Kier alpha value is -2.23. The van der Waals surface area contributed by atoms with Gasteiger partial charge in [0.2, 0.25) is 0 Å². The van der Waals surface area contributed by atoms with Crippen LogP contribution < -0.4 is 5.73 Å². The number of hydrogen-bond donors (Lipinski definition) is 1. The summed E-state index contributed by atoms with van der Waals surface area (Å²) in [5.74, 6) is 0. The summed E-state index contributed by atoms with van der Waals surface area (Å²) in [6.45, 7) is 0. The fourth-order valence-corrected chi connectivity index (χ4v) is 3.77. The highest BCUT2D eigenvalue weighted by molar-refractivity contribution is 7.17. The summed E-state index contributed by atoms with van der Waals surface area (Å²) in [5, 5.41) is 4.50. The normalized spacial score (nSPS) is 12.8. The van der Waals surface area contributed by atoms with Crippen LogP contribution >= 0.6 is 11.3 Å². The van der Waals surface area contributed by atoms with Gasteiger partial charge in [-0.2, -0.15) is 0 Å². The van der Waals surface area contributed by atoms with Gasteiger partial charge in [-0.1, -0.05) is 36.4 Å². The van der Waals surface area contributed by atoms with Crippen molar-refractivity contribution in [2.45, 2.75) is 6.04 Å². The zero-order valence-corrected chi connectivity index (χ0v) is 12.2. The molecule has 0 aliphatic rings. The first kappa shape index (κ1) is 12.5. The van der Waals surface area contributed by atoms with Crippen LogP contribution in [-0.4, -0.2) is 4.98 Å². The van der Waals surface area contributed by atoms with Gasteiger partial charge in [0.1, 0.15) is 0 Å². The number of aromatic nitrogens is 1. The molecule has 0 spiro atoms. The van der Waals surface area contributed by atoms with E-state index in [-0.39, 0.29) is 6.04 Å². The molecule has 0 aliphatic carbocycles. The van der Waals surface area contributed by atoms with Crippen molar-refractivity contribution >= 4 is 32.3 Å². The summed E-state index contributed by atoms with van der Waals surface area (Å²) < 4.78 is 1.27.